The molecule has 0 bridgehead atoms. The predicted molar refractivity (Wildman–Crippen MR) is 74.6 cm³/mol. The molecule has 0 amide bonds. The Hall–Kier alpha value is 0.350. The molecule has 1 fully saturated rings. The largest absolute Gasteiger partial charge is 0.279 e. The maximum Gasteiger partial charge on any atom is 0.279 e. The zero-order valence-electron chi connectivity index (χ0n) is 10.7. The molecular weight excluding hydrogens is 304 g/mol. The third-order valence-corrected chi connectivity index (χ3v) is 6.42. The molecule has 1 aliphatic carbocycles. The van der Waals surface area contributed by atoms with Gasteiger partial charge in [-0.2, -0.15) is 17.4 Å². The Kier molecular flexibility index (Phi) is 5.89. The van der Waals surface area contributed by atoms with Gasteiger partial charge in [-0.05, 0) is 12.8 Å². The first-order valence-corrected chi connectivity index (χ1v) is 8.91. The lowest BCUT2D eigenvalue weighted by molar-refractivity contribution is 0.291. The molecule has 6 heteroatoms. The maximum atomic E-state index is 12.2. The Labute approximate surface area is 113 Å². The molecule has 1 aliphatic rings. The molecule has 0 aromatic heterocycles. The van der Waals surface area contributed by atoms with Gasteiger partial charge in [0.2, 0.25) is 0 Å². The first-order valence-electron chi connectivity index (χ1n) is 6.34. The average molecular weight is 327 g/mol. The summed E-state index contributed by atoms with van der Waals surface area (Å²) in [5.41, 5.74) is -0.278. The van der Waals surface area contributed by atoms with Crippen molar-refractivity contribution in [2.75, 3.05) is 18.4 Å². The van der Waals surface area contributed by atoms with Crippen molar-refractivity contribution >= 4 is 26.1 Å². The van der Waals surface area contributed by atoms with Crippen LogP contribution in [-0.2, 0) is 10.2 Å². The number of rotatable bonds is 6. The van der Waals surface area contributed by atoms with Crippen molar-refractivity contribution in [3.05, 3.63) is 0 Å². The SMILES string of the molecule is CCN(CC)S(=O)(=O)NC1(CBr)CCCCC1. The minimum Gasteiger partial charge on any atom is -0.195 e. The van der Waals surface area contributed by atoms with E-state index in [1.54, 1.807) is 0 Å². The van der Waals surface area contributed by atoms with E-state index in [1.165, 1.54) is 10.7 Å². The van der Waals surface area contributed by atoms with E-state index in [0.717, 1.165) is 25.7 Å². The predicted octanol–water partition coefficient (Wildman–Crippen LogP) is 2.26. The van der Waals surface area contributed by atoms with Crippen LogP contribution in [0.3, 0.4) is 0 Å². The van der Waals surface area contributed by atoms with Crippen LogP contribution in [0.2, 0.25) is 0 Å². The van der Waals surface area contributed by atoms with E-state index >= 15 is 0 Å². The second-order valence-electron chi connectivity index (χ2n) is 4.67. The molecule has 17 heavy (non-hydrogen) atoms. The van der Waals surface area contributed by atoms with E-state index in [0.29, 0.717) is 18.4 Å². The highest BCUT2D eigenvalue weighted by Crippen LogP contribution is 2.30. The zero-order valence-corrected chi connectivity index (χ0v) is 13.1. The summed E-state index contributed by atoms with van der Waals surface area (Å²) in [7, 11) is -3.34. The van der Waals surface area contributed by atoms with Gasteiger partial charge in [-0.1, -0.05) is 49.0 Å². The second-order valence-corrected chi connectivity index (χ2v) is 6.90. The maximum absolute atomic E-state index is 12.2. The van der Waals surface area contributed by atoms with Crippen LogP contribution in [0.25, 0.3) is 0 Å². The van der Waals surface area contributed by atoms with E-state index in [-0.39, 0.29) is 5.54 Å². The fourth-order valence-electron chi connectivity index (χ4n) is 2.39. The number of hydrogen-bond donors (Lipinski definition) is 1. The molecule has 4 nitrogen and oxygen atoms in total. The summed E-state index contributed by atoms with van der Waals surface area (Å²) in [4.78, 5) is 0. The highest BCUT2D eigenvalue weighted by atomic mass is 79.9. The third kappa shape index (κ3) is 3.91. The number of hydrogen-bond acceptors (Lipinski definition) is 2. The van der Waals surface area contributed by atoms with Gasteiger partial charge in [0.25, 0.3) is 10.2 Å². The lowest BCUT2D eigenvalue weighted by Crippen LogP contribution is -2.55. The average Bonchev–Trinajstić information content (AvgIpc) is 2.30. The van der Waals surface area contributed by atoms with Crippen LogP contribution in [0.5, 0.6) is 0 Å². The standard InChI is InChI=1S/C11H23BrN2O2S/c1-3-14(4-2)17(15,16)13-11(10-12)8-6-5-7-9-11/h13H,3-10H2,1-2H3. The van der Waals surface area contributed by atoms with Crippen LogP contribution in [0.15, 0.2) is 0 Å². The van der Waals surface area contributed by atoms with E-state index in [2.05, 4.69) is 20.7 Å². The molecule has 0 heterocycles. The Morgan fingerprint density at radius 1 is 1.18 bits per heavy atom. The highest BCUT2D eigenvalue weighted by molar-refractivity contribution is 9.09. The van der Waals surface area contributed by atoms with Gasteiger partial charge >= 0.3 is 0 Å². The zero-order chi connectivity index (χ0) is 12.9. The summed E-state index contributed by atoms with van der Waals surface area (Å²) in [6.07, 6.45) is 5.28. The van der Waals surface area contributed by atoms with Crippen molar-refractivity contribution < 1.29 is 8.42 Å². The van der Waals surface area contributed by atoms with Gasteiger partial charge in [0.15, 0.2) is 0 Å². The summed E-state index contributed by atoms with van der Waals surface area (Å²) < 4.78 is 28.8. The van der Waals surface area contributed by atoms with Crippen molar-refractivity contribution in [2.24, 2.45) is 0 Å². The van der Waals surface area contributed by atoms with Crippen LogP contribution in [0.1, 0.15) is 46.0 Å². The van der Waals surface area contributed by atoms with Gasteiger partial charge < -0.3 is 0 Å². The minimum atomic E-state index is -3.34. The lowest BCUT2D eigenvalue weighted by atomic mass is 9.84. The van der Waals surface area contributed by atoms with Crippen molar-refractivity contribution in [2.45, 2.75) is 51.5 Å². The van der Waals surface area contributed by atoms with Crippen molar-refractivity contribution in [3.8, 4) is 0 Å². The summed E-state index contributed by atoms with van der Waals surface area (Å²) in [5.74, 6) is 0. The van der Waals surface area contributed by atoms with E-state index in [4.69, 9.17) is 0 Å². The lowest BCUT2D eigenvalue weighted by Gasteiger charge is -2.37. The molecule has 0 atom stereocenters. The third-order valence-electron chi connectivity index (χ3n) is 3.46. The Balaban J connectivity index is 2.79. The summed E-state index contributed by atoms with van der Waals surface area (Å²) >= 11 is 3.47. The molecule has 0 saturated heterocycles. The summed E-state index contributed by atoms with van der Waals surface area (Å²) in [5, 5.41) is 0.695. The molecule has 0 radical (unpaired) electrons. The molecule has 0 aromatic carbocycles. The van der Waals surface area contributed by atoms with Crippen LogP contribution in [0, 0.1) is 0 Å². The van der Waals surface area contributed by atoms with Gasteiger partial charge in [-0.25, -0.2) is 0 Å². The number of nitrogens with zero attached hydrogens (tertiary/aromatic N) is 1. The van der Waals surface area contributed by atoms with Crippen molar-refractivity contribution in [3.63, 3.8) is 0 Å². The quantitative estimate of drug-likeness (QED) is 0.761. The smallest absolute Gasteiger partial charge is 0.195 e. The molecule has 1 saturated carbocycles. The summed E-state index contributed by atoms with van der Waals surface area (Å²) in [6.45, 7) is 4.77. The number of nitrogens with one attached hydrogen (secondary N) is 1. The molecule has 0 spiro atoms. The number of halogens is 1. The molecule has 0 unspecified atom stereocenters. The van der Waals surface area contributed by atoms with Crippen LogP contribution >= 0.6 is 15.9 Å². The van der Waals surface area contributed by atoms with Gasteiger partial charge in [0.05, 0.1) is 0 Å². The van der Waals surface area contributed by atoms with Gasteiger partial charge in [0, 0.05) is 24.0 Å². The Bertz CT molecular complexity index is 322. The van der Waals surface area contributed by atoms with Crippen LogP contribution in [0.4, 0.5) is 0 Å². The van der Waals surface area contributed by atoms with E-state index < -0.39 is 10.2 Å². The van der Waals surface area contributed by atoms with Crippen LogP contribution in [-0.4, -0.2) is 36.7 Å². The Morgan fingerprint density at radius 3 is 2.12 bits per heavy atom. The normalized spacial score (nSPS) is 20.7. The highest BCUT2D eigenvalue weighted by Gasteiger charge is 2.36. The van der Waals surface area contributed by atoms with Crippen molar-refractivity contribution in [1.29, 1.82) is 0 Å². The molecule has 102 valence electrons. The first kappa shape index (κ1) is 15.4. The molecule has 0 aromatic rings. The fraction of sp³-hybridized carbons (Fsp3) is 1.00. The van der Waals surface area contributed by atoms with Crippen LogP contribution < -0.4 is 4.72 Å². The number of alkyl halides is 1. The second kappa shape index (κ2) is 6.50. The Morgan fingerprint density at radius 2 is 1.71 bits per heavy atom. The van der Waals surface area contributed by atoms with Gasteiger partial charge in [-0.15, -0.1) is 0 Å². The topological polar surface area (TPSA) is 49.4 Å². The molecule has 0 aliphatic heterocycles. The fourth-order valence-corrected chi connectivity index (χ4v) is 4.91. The first-order chi connectivity index (χ1) is 7.99. The van der Waals surface area contributed by atoms with Crippen molar-refractivity contribution in [1.82, 2.24) is 9.03 Å². The van der Waals surface area contributed by atoms with E-state index in [1.807, 2.05) is 13.8 Å². The monoisotopic (exact) mass is 326 g/mol. The molecule has 1 N–H and O–H groups in total. The summed E-state index contributed by atoms with van der Waals surface area (Å²) in [6, 6.07) is 0. The molecular formula is C11H23BrN2O2S. The van der Waals surface area contributed by atoms with Gasteiger partial charge in [0.1, 0.15) is 0 Å². The van der Waals surface area contributed by atoms with E-state index in [9.17, 15) is 8.42 Å². The minimum absolute atomic E-state index is 0.278. The molecule has 1 rings (SSSR count). The van der Waals surface area contributed by atoms with Gasteiger partial charge in [-0.3, -0.25) is 0 Å².